The number of likely N-dealkylation sites (N-methyl/N-ethyl adjacent to an activating group) is 1. The number of hydrogen-bond acceptors (Lipinski definition) is 4. The molecule has 0 saturated carbocycles. The summed E-state index contributed by atoms with van der Waals surface area (Å²) in [7, 11) is 0. The molecule has 0 aromatic carbocycles. The van der Waals surface area contributed by atoms with Crippen LogP contribution in [0.25, 0.3) is 0 Å². The largest absolute Gasteiger partial charge is 0.369 e. The molecule has 0 aliphatic heterocycles. The van der Waals surface area contributed by atoms with Crippen LogP contribution in [0.3, 0.4) is 0 Å². The number of amides is 2. The highest BCUT2D eigenvalue weighted by atomic mass is 16.2. The number of carbonyl (C=O) groups excluding carboxylic acids is 2. The molecular formula is C9H20N4O2. The second kappa shape index (κ2) is 5.67. The molecule has 0 rings (SSSR count). The molecule has 0 unspecified atom stereocenters. The minimum atomic E-state index is -0.639. The van der Waals surface area contributed by atoms with Gasteiger partial charge in [-0.1, -0.05) is 6.92 Å². The number of primary amides is 1. The van der Waals surface area contributed by atoms with Crippen molar-refractivity contribution in [3.05, 3.63) is 0 Å². The van der Waals surface area contributed by atoms with Gasteiger partial charge in [-0.3, -0.25) is 19.9 Å². The van der Waals surface area contributed by atoms with Gasteiger partial charge in [0.05, 0.1) is 12.0 Å². The lowest BCUT2D eigenvalue weighted by Gasteiger charge is -2.29. The predicted octanol–water partition coefficient (Wildman–Crippen LogP) is -1.19. The van der Waals surface area contributed by atoms with Gasteiger partial charge in [-0.15, -0.1) is 0 Å². The van der Waals surface area contributed by atoms with Crippen LogP contribution in [-0.4, -0.2) is 36.3 Å². The van der Waals surface area contributed by atoms with Gasteiger partial charge in [0.25, 0.3) is 0 Å². The lowest BCUT2D eigenvalue weighted by Crippen LogP contribution is -2.48. The predicted molar refractivity (Wildman–Crippen MR) is 57.4 cm³/mol. The van der Waals surface area contributed by atoms with Crippen LogP contribution in [0.1, 0.15) is 20.8 Å². The van der Waals surface area contributed by atoms with Gasteiger partial charge < -0.3 is 5.73 Å². The average Bonchev–Trinajstić information content (AvgIpc) is 2.14. The van der Waals surface area contributed by atoms with Crippen LogP contribution < -0.4 is 17.0 Å². The molecule has 88 valence electrons. The van der Waals surface area contributed by atoms with Crippen LogP contribution >= 0.6 is 0 Å². The van der Waals surface area contributed by atoms with Crippen LogP contribution in [-0.2, 0) is 9.59 Å². The highest BCUT2D eigenvalue weighted by Gasteiger charge is 2.29. The summed E-state index contributed by atoms with van der Waals surface area (Å²) in [5, 5.41) is 0. The third kappa shape index (κ3) is 4.75. The van der Waals surface area contributed by atoms with Crippen molar-refractivity contribution in [3.8, 4) is 0 Å². The maximum absolute atomic E-state index is 11.4. The molecule has 15 heavy (non-hydrogen) atoms. The number of hydrogen-bond donors (Lipinski definition) is 3. The number of nitrogens with one attached hydrogen (secondary N) is 1. The molecule has 0 atom stereocenters. The maximum Gasteiger partial charge on any atom is 0.240 e. The van der Waals surface area contributed by atoms with Crippen molar-refractivity contribution in [2.24, 2.45) is 17.0 Å². The first-order valence-corrected chi connectivity index (χ1v) is 4.85. The van der Waals surface area contributed by atoms with Gasteiger partial charge in [0.1, 0.15) is 0 Å². The summed E-state index contributed by atoms with van der Waals surface area (Å²) < 4.78 is 0. The highest BCUT2D eigenvalue weighted by molar-refractivity contribution is 5.81. The Morgan fingerprint density at radius 3 is 2.27 bits per heavy atom. The van der Waals surface area contributed by atoms with Gasteiger partial charge in [0.15, 0.2) is 0 Å². The Labute approximate surface area is 89.9 Å². The third-order valence-electron chi connectivity index (χ3n) is 2.19. The van der Waals surface area contributed by atoms with Gasteiger partial charge in [-0.25, -0.2) is 5.84 Å². The summed E-state index contributed by atoms with van der Waals surface area (Å²) in [6.45, 7) is 6.68. The standard InChI is InChI=1S/C9H20N4O2/c1-4-13(5-7(10)14)6-9(2,3)8(15)12-11/h4-6,11H2,1-3H3,(H2,10,14)(H,12,15). The first-order chi connectivity index (χ1) is 6.83. The number of nitrogens with two attached hydrogens (primary N) is 2. The molecule has 0 radical (unpaired) electrons. The Kier molecular flexibility index (Phi) is 5.24. The number of rotatable bonds is 6. The van der Waals surface area contributed by atoms with Crippen LogP contribution in [0.5, 0.6) is 0 Å². The van der Waals surface area contributed by atoms with E-state index in [9.17, 15) is 9.59 Å². The van der Waals surface area contributed by atoms with E-state index >= 15 is 0 Å². The second-order valence-corrected chi connectivity index (χ2v) is 4.13. The van der Waals surface area contributed by atoms with Crippen LogP contribution in [0, 0.1) is 5.41 Å². The first-order valence-electron chi connectivity index (χ1n) is 4.85. The van der Waals surface area contributed by atoms with E-state index in [0.29, 0.717) is 13.1 Å². The topological polar surface area (TPSA) is 101 Å². The molecule has 0 spiro atoms. The average molecular weight is 216 g/mol. The minimum absolute atomic E-state index is 0.151. The Balaban J connectivity index is 4.39. The van der Waals surface area contributed by atoms with Crippen LogP contribution in [0.4, 0.5) is 0 Å². The van der Waals surface area contributed by atoms with E-state index in [1.165, 1.54) is 0 Å². The smallest absolute Gasteiger partial charge is 0.240 e. The lowest BCUT2D eigenvalue weighted by atomic mass is 9.92. The molecular weight excluding hydrogens is 196 g/mol. The summed E-state index contributed by atoms with van der Waals surface area (Å²) >= 11 is 0. The fraction of sp³-hybridized carbons (Fsp3) is 0.778. The summed E-state index contributed by atoms with van der Waals surface area (Å²) in [5.74, 6) is 4.41. The van der Waals surface area contributed by atoms with Crippen LogP contribution in [0.2, 0.25) is 0 Å². The Morgan fingerprint density at radius 1 is 1.40 bits per heavy atom. The summed E-state index contributed by atoms with van der Waals surface area (Å²) in [6.07, 6.45) is 0. The van der Waals surface area contributed by atoms with Crippen molar-refractivity contribution < 1.29 is 9.59 Å². The van der Waals surface area contributed by atoms with Crippen molar-refractivity contribution in [3.63, 3.8) is 0 Å². The molecule has 0 aliphatic carbocycles. The van der Waals surface area contributed by atoms with E-state index in [4.69, 9.17) is 11.6 Å². The molecule has 0 fully saturated rings. The number of nitrogens with zero attached hydrogens (tertiary/aromatic N) is 1. The molecule has 0 aromatic heterocycles. The minimum Gasteiger partial charge on any atom is -0.369 e. The van der Waals surface area contributed by atoms with Gasteiger partial charge in [0.2, 0.25) is 11.8 Å². The van der Waals surface area contributed by atoms with Gasteiger partial charge in [-0.05, 0) is 20.4 Å². The molecule has 0 aromatic rings. The van der Waals surface area contributed by atoms with E-state index in [1.807, 2.05) is 6.92 Å². The van der Waals surface area contributed by atoms with E-state index in [2.05, 4.69) is 5.43 Å². The summed E-state index contributed by atoms with van der Waals surface area (Å²) in [5.41, 5.74) is 6.56. The van der Waals surface area contributed by atoms with E-state index in [1.54, 1.807) is 18.7 Å². The number of carbonyl (C=O) groups is 2. The monoisotopic (exact) mass is 216 g/mol. The molecule has 0 heterocycles. The van der Waals surface area contributed by atoms with Crippen molar-refractivity contribution in [2.45, 2.75) is 20.8 Å². The van der Waals surface area contributed by atoms with Gasteiger partial charge in [0, 0.05) is 6.54 Å². The Hall–Kier alpha value is -1.14. The molecule has 0 aliphatic rings. The first kappa shape index (κ1) is 13.9. The Bertz CT molecular complexity index is 240. The Morgan fingerprint density at radius 2 is 1.93 bits per heavy atom. The molecule has 5 N–H and O–H groups in total. The van der Waals surface area contributed by atoms with Crippen molar-refractivity contribution in [1.29, 1.82) is 0 Å². The van der Waals surface area contributed by atoms with E-state index in [0.717, 1.165) is 0 Å². The third-order valence-corrected chi connectivity index (χ3v) is 2.19. The van der Waals surface area contributed by atoms with E-state index in [-0.39, 0.29) is 12.5 Å². The lowest BCUT2D eigenvalue weighted by molar-refractivity contribution is -0.131. The van der Waals surface area contributed by atoms with Crippen molar-refractivity contribution in [2.75, 3.05) is 19.6 Å². The normalized spacial score (nSPS) is 11.5. The second-order valence-electron chi connectivity index (χ2n) is 4.13. The zero-order valence-corrected chi connectivity index (χ0v) is 9.54. The van der Waals surface area contributed by atoms with Gasteiger partial charge in [-0.2, -0.15) is 0 Å². The molecule has 2 amide bonds. The molecule has 6 nitrogen and oxygen atoms in total. The van der Waals surface area contributed by atoms with Crippen LogP contribution in [0.15, 0.2) is 0 Å². The fourth-order valence-corrected chi connectivity index (χ4v) is 1.33. The SMILES string of the molecule is CCN(CC(N)=O)CC(C)(C)C(=O)NN. The maximum atomic E-state index is 11.4. The summed E-state index contributed by atoms with van der Waals surface area (Å²) in [6, 6.07) is 0. The quantitative estimate of drug-likeness (QED) is 0.295. The molecule has 0 saturated heterocycles. The van der Waals surface area contributed by atoms with Crippen molar-refractivity contribution in [1.82, 2.24) is 10.3 Å². The molecule has 6 heteroatoms. The fourth-order valence-electron chi connectivity index (χ4n) is 1.33. The number of hydrazine groups is 1. The van der Waals surface area contributed by atoms with Gasteiger partial charge >= 0.3 is 0 Å². The van der Waals surface area contributed by atoms with E-state index < -0.39 is 11.3 Å². The zero-order chi connectivity index (χ0) is 12.1. The highest BCUT2D eigenvalue weighted by Crippen LogP contribution is 2.16. The summed E-state index contributed by atoms with van der Waals surface area (Å²) in [4.78, 5) is 23.9. The zero-order valence-electron chi connectivity index (χ0n) is 9.54. The molecule has 0 bridgehead atoms. The van der Waals surface area contributed by atoms with Crippen molar-refractivity contribution >= 4 is 11.8 Å².